The zero-order valence-corrected chi connectivity index (χ0v) is 19.8. The molecule has 1 aromatic heterocycles. The lowest BCUT2D eigenvalue weighted by molar-refractivity contribution is 0.102. The average Bonchev–Trinajstić information content (AvgIpc) is 3.12. The summed E-state index contributed by atoms with van der Waals surface area (Å²) in [5.41, 5.74) is 3.77. The Bertz CT molecular complexity index is 1250. The number of hydrogen-bond donors (Lipinski definition) is 1. The summed E-state index contributed by atoms with van der Waals surface area (Å²) in [5, 5.41) is 3.40. The average molecular weight is 472 g/mol. The second kappa shape index (κ2) is 8.91. The van der Waals surface area contributed by atoms with Crippen molar-refractivity contribution in [3.63, 3.8) is 0 Å². The number of thiazole rings is 1. The summed E-state index contributed by atoms with van der Waals surface area (Å²) in [5.74, 6) is 0.538. The molecule has 0 unspecified atom stereocenters. The summed E-state index contributed by atoms with van der Waals surface area (Å²) in [7, 11) is -3.34. The Kier molecular flexibility index (Phi) is 6.21. The highest BCUT2D eigenvalue weighted by molar-refractivity contribution is 7.92. The van der Waals surface area contributed by atoms with Crippen molar-refractivity contribution >= 4 is 38.1 Å². The molecule has 0 atom stereocenters. The number of hydrogen-bond acceptors (Lipinski definition) is 6. The molecular weight excluding hydrogens is 446 g/mol. The predicted molar refractivity (Wildman–Crippen MR) is 128 cm³/mol. The van der Waals surface area contributed by atoms with Gasteiger partial charge in [-0.05, 0) is 74.7 Å². The molecule has 168 valence electrons. The number of amides is 1. The topological polar surface area (TPSA) is 88.6 Å². The van der Waals surface area contributed by atoms with E-state index >= 15 is 0 Å². The van der Waals surface area contributed by atoms with Crippen molar-refractivity contribution in [1.29, 1.82) is 0 Å². The highest BCUT2D eigenvalue weighted by Gasteiger charge is 2.25. The van der Waals surface area contributed by atoms with Gasteiger partial charge in [-0.3, -0.25) is 14.4 Å². The van der Waals surface area contributed by atoms with E-state index in [0.717, 1.165) is 40.3 Å². The van der Waals surface area contributed by atoms with Gasteiger partial charge >= 0.3 is 0 Å². The van der Waals surface area contributed by atoms with Crippen molar-refractivity contribution in [3.8, 4) is 17.0 Å². The van der Waals surface area contributed by atoms with Gasteiger partial charge in [-0.1, -0.05) is 0 Å². The van der Waals surface area contributed by atoms with Crippen molar-refractivity contribution in [1.82, 2.24) is 4.98 Å². The van der Waals surface area contributed by atoms with Crippen LogP contribution >= 0.6 is 11.3 Å². The normalized spacial score (nSPS) is 13.5. The van der Waals surface area contributed by atoms with E-state index in [4.69, 9.17) is 4.74 Å². The van der Waals surface area contributed by atoms with Crippen LogP contribution in [0, 0.1) is 6.92 Å². The Morgan fingerprint density at radius 1 is 1.22 bits per heavy atom. The van der Waals surface area contributed by atoms with Gasteiger partial charge in [-0.2, -0.15) is 0 Å². The third-order valence-electron chi connectivity index (χ3n) is 5.27. The molecule has 1 amide bonds. The Morgan fingerprint density at radius 2 is 1.97 bits per heavy atom. The highest BCUT2D eigenvalue weighted by Crippen LogP contribution is 2.33. The maximum absolute atomic E-state index is 12.9. The van der Waals surface area contributed by atoms with Crippen molar-refractivity contribution < 1.29 is 17.9 Å². The molecule has 0 aliphatic carbocycles. The van der Waals surface area contributed by atoms with Crippen LogP contribution in [-0.2, 0) is 16.4 Å². The first-order valence-corrected chi connectivity index (χ1v) is 13.1. The number of sulfonamides is 1. The first-order valence-electron chi connectivity index (χ1n) is 10.4. The molecule has 1 aliphatic rings. The molecule has 0 fully saturated rings. The van der Waals surface area contributed by atoms with Gasteiger partial charge in [-0.25, -0.2) is 13.4 Å². The summed E-state index contributed by atoms with van der Waals surface area (Å²) in [6.45, 7) is 4.99. The van der Waals surface area contributed by atoms with Crippen LogP contribution in [0.1, 0.15) is 34.1 Å². The number of aryl methyl sites for hydroxylation is 2. The van der Waals surface area contributed by atoms with Gasteiger partial charge in [0.15, 0.2) is 5.13 Å². The summed E-state index contributed by atoms with van der Waals surface area (Å²) < 4.78 is 31.0. The number of nitrogens with zero attached hydrogens (tertiary/aromatic N) is 2. The number of ether oxygens (including phenoxy) is 1. The van der Waals surface area contributed by atoms with Crippen LogP contribution in [0.15, 0.2) is 42.5 Å². The van der Waals surface area contributed by atoms with E-state index < -0.39 is 10.0 Å². The van der Waals surface area contributed by atoms with Crippen molar-refractivity contribution in [2.24, 2.45) is 0 Å². The van der Waals surface area contributed by atoms with Gasteiger partial charge < -0.3 is 4.74 Å². The molecule has 2 aromatic carbocycles. The molecule has 0 spiro atoms. The van der Waals surface area contributed by atoms with Crippen molar-refractivity contribution in [2.75, 3.05) is 29.0 Å². The predicted octanol–water partition coefficient (Wildman–Crippen LogP) is 4.48. The lowest BCUT2D eigenvalue weighted by Gasteiger charge is -2.29. The Morgan fingerprint density at radius 3 is 2.66 bits per heavy atom. The largest absolute Gasteiger partial charge is 0.494 e. The van der Waals surface area contributed by atoms with Crippen LogP contribution in [0.5, 0.6) is 5.75 Å². The van der Waals surface area contributed by atoms with E-state index in [1.54, 1.807) is 18.2 Å². The van der Waals surface area contributed by atoms with E-state index in [9.17, 15) is 13.2 Å². The van der Waals surface area contributed by atoms with Crippen molar-refractivity contribution in [3.05, 3.63) is 58.5 Å². The van der Waals surface area contributed by atoms with Gasteiger partial charge in [-0.15, -0.1) is 11.3 Å². The molecule has 1 aliphatic heterocycles. The summed E-state index contributed by atoms with van der Waals surface area (Å²) >= 11 is 1.42. The molecule has 9 heteroatoms. The maximum Gasteiger partial charge on any atom is 0.257 e. The fourth-order valence-corrected chi connectivity index (χ4v) is 5.64. The minimum Gasteiger partial charge on any atom is -0.494 e. The van der Waals surface area contributed by atoms with Gasteiger partial charge in [0.25, 0.3) is 5.91 Å². The maximum atomic E-state index is 12.9. The highest BCUT2D eigenvalue weighted by atomic mass is 32.2. The van der Waals surface area contributed by atoms with Gasteiger partial charge in [0, 0.05) is 22.5 Å². The molecule has 0 saturated carbocycles. The molecule has 1 N–H and O–H groups in total. The molecule has 32 heavy (non-hydrogen) atoms. The molecule has 0 radical (unpaired) electrons. The number of anilines is 2. The van der Waals surface area contributed by atoms with Crippen LogP contribution < -0.4 is 14.4 Å². The second-order valence-corrected chi connectivity index (χ2v) is 10.7. The molecule has 0 bridgehead atoms. The Hall–Kier alpha value is -2.91. The Labute approximate surface area is 192 Å². The number of nitrogens with one attached hydrogen (secondary N) is 1. The number of carbonyl (C=O) groups is 1. The fraction of sp³-hybridized carbons (Fsp3) is 0.304. The van der Waals surface area contributed by atoms with Crippen LogP contribution in [-0.4, -0.2) is 38.7 Å². The molecule has 0 saturated heterocycles. The zero-order chi connectivity index (χ0) is 22.9. The van der Waals surface area contributed by atoms with E-state index in [-0.39, 0.29) is 5.91 Å². The van der Waals surface area contributed by atoms with Crippen molar-refractivity contribution in [2.45, 2.75) is 26.7 Å². The van der Waals surface area contributed by atoms with E-state index in [0.29, 0.717) is 29.5 Å². The first kappa shape index (κ1) is 22.3. The third-order valence-corrected chi connectivity index (χ3v) is 7.34. The van der Waals surface area contributed by atoms with Crippen LogP contribution in [0.2, 0.25) is 0 Å². The van der Waals surface area contributed by atoms with Gasteiger partial charge in [0.2, 0.25) is 10.0 Å². The summed E-state index contributed by atoms with van der Waals surface area (Å²) in [6.07, 6.45) is 2.67. The lowest BCUT2D eigenvalue weighted by Crippen LogP contribution is -2.34. The quantitative estimate of drug-likeness (QED) is 0.573. The van der Waals surface area contributed by atoms with Gasteiger partial charge in [0.1, 0.15) is 5.75 Å². The fourth-order valence-electron chi connectivity index (χ4n) is 3.81. The minimum atomic E-state index is -3.34. The standard InChI is InChI=1S/C23H25N3O4S2/c1-4-30-19-10-7-16(8-11-19)21-15(2)31-23(24-21)25-22(27)18-9-12-20-17(14-18)6-5-13-26(20)32(3,28)29/h7-12,14H,4-6,13H2,1-3H3,(H,24,25,27). The molecule has 3 aromatic rings. The van der Waals surface area contributed by atoms with E-state index in [1.165, 1.54) is 21.9 Å². The molecule has 4 rings (SSSR count). The second-order valence-electron chi connectivity index (χ2n) is 7.62. The minimum absolute atomic E-state index is 0.267. The zero-order valence-electron chi connectivity index (χ0n) is 18.2. The smallest absolute Gasteiger partial charge is 0.257 e. The van der Waals surface area contributed by atoms with Crippen LogP contribution in [0.25, 0.3) is 11.3 Å². The molecular formula is C23H25N3O4S2. The van der Waals surface area contributed by atoms with Crippen LogP contribution in [0.4, 0.5) is 10.8 Å². The number of aromatic nitrogens is 1. The number of carbonyl (C=O) groups excluding carboxylic acids is 1. The Balaban J connectivity index is 1.53. The molecule has 2 heterocycles. The third kappa shape index (κ3) is 4.63. The summed E-state index contributed by atoms with van der Waals surface area (Å²) in [4.78, 5) is 18.5. The summed E-state index contributed by atoms with van der Waals surface area (Å²) in [6, 6.07) is 12.9. The van der Waals surface area contributed by atoms with Crippen LogP contribution in [0.3, 0.4) is 0 Å². The number of rotatable bonds is 6. The first-order chi connectivity index (χ1) is 15.3. The molecule has 7 nitrogen and oxygen atoms in total. The number of fused-ring (bicyclic) bond motifs is 1. The lowest BCUT2D eigenvalue weighted by atomic mass is 10.0. The van der Waals surface area contributed by atoms with E-state index in [2.05, 4.69) is 10.3 Å². The number of benzene rings is 2. The van der Waals surface area contributed by atoms with Gasteiger partial charge in [0.05, 0.1) is 24.2 Å². The van der Waals surface area contributed by atoms with E-state index in [1.807, 2.05) is 38.1 Å². The SMILES string of the molecule is CCOc1ccc(-c2nc(NC(=O)c3ccc4c(c3)CCCN4S(C)(=O)=O)sc2C)cc1. The monoisotopic (exact) mass is 471 g/mol.